The SMILES string of the molecule is CCCCS(=O)(=O)N(CC(=O)OC)C(C)C. The molecule has 0 amide bonds. The molecule has 0 heterocycles. The molecule has 6 heteroatoms. The molecule has 0 spiro atoms. The summed E-state index contributed by atoms with van der Waals surface area (Å²) in [5, 5.41) is 0. The topological polar surface area (TPSA) is 63.7 Å². The second-order valence-corrected chi connectivity index (χ2v) is 5.93. The molecule has 0 aromatic rings. The van der Waals surface area contributed by atoms with E-state index < -0.39 is 16.0 Å². The second-order valence-electron chi connectivity index (χ2n) is 3.88. The standard InChI is InChI=1S/C10H21NO4S/c1-5-6-7-16(13,14)11(9(2)3)8-10(12)15-4/h9H,5-8H2,1-4H3. The van der Waals surface area contributed by atoms with Crippen LogP contribution in [0.25, 0.3) is 0 Å². The monoisotopic (exact) mass is 251 g/mol. The summed E-state index contributed by atoms with van der Waals surface area (Å²) in [5.74, 6) is -0.452. The molecule has 0 bridgehead atoms. The number of esters is 1. The average molecular weight is 251 g/mol. The van der Waals surface area contributed by atoms with Crippen molar-refractivity contribution < 1.29 is 17.9 Å². The Balaban J connectivity index is 4.70. The molecule has 0 unspecified atom stereocenters. The number of sulfonamides is 1. The predicted octanol–water partition coefficient (Wildman–Crippen LogP) is 1.000. The van der Waals surface area contributed by atoms with Crippen LogP contribution in [0.1, 0.15) is 33.6 Å². The van der Waals surface area contributed by atoms with Gasteiger partial charge in [-0.25, -0.2) is 8.42 Å². The van der Waals surface area contributed by atoms with E-state index >= 15 is 0 Å². The minimum Gasteiger partial charge on any atom is -0.468 e. The molecule has 0 aliphatic carbocycles. The summed E-state index contributed by atoms with van der Waals surface area (Å²) < 4.78 is 29.5. The molecule has 0 aliphatic heterocycles. The molecule has 96 valence electrons. The van der Waals surface area contributed by atoms with Crippen LogP contribution in [0.4, 0.5) is 0 Å². The first-order valence-electron chi connectivity index (χ1n) is 5.41. The van der Waals surface area contributed by atoms with Crippen molar-refractivity contribution in [3.8, 4) is 0 Å². The Morgan fingerprint density at radius 1 is 1.38 bits per heavy atom. The summed E-state index contributed by atoms with van der Waals surface area (Å²) in [4.78, 5) is 11.1. The van der Waals surface area contributed by atoms with Crippen molar-refractivity contribution in [2.24, 2.45) is 0 Å². The predicted molar refractivity (Wildman–Crippen MR) is 62.6 cm³/mol. The molecule has 0 atom stereocenters. The maximum atomic E-state index is 11.9. The maximum absolute atomic E-state index is 11.9. The third kappa shape index (κ3) is 4.94. The van der Waals surface area contributed by atoms with Crippen LogP contribution >= 0.6 is 0 Å². The van der Waals surface area contributed by atoms with Gasteiger partial charge in [-0.2, -0.15) is 4.31 Å². The van der Waals surface area contributed by atoms with Gasteiger partial charge in [-0.15, -0.1) is 0 Å². The number of unbranched alkanes of at least 4 members (excludes halogenated alkanes) is 1. The summed E-state index contributed by atoms with van der Waals surface area (Å²) >= 11 is 0. The first kappa shape index (κ1) is 15.4. The number of rotatable bonds is 7. The molecular formula is C10H21NO4S. The van der Waals surface area contributed by atoms with E-state index in [1.165, 1.54) is 11.4 Å². The van der Waals surface area contributed by atoms with Gasteiger partial charge < -0.3 is 4.74 Å². The maximum Gasteiger partial charge on any atom is 0.321 e. The zero-order valence-electron chi connectivity index (χ0n) is 10.4. The lowest BCUT2D eigenvalue weighted by atomic mass is 10.4. The third-order valence-corrected chi connectivity index (χ3v) is 4.27. The smallest absolute Gasteiger partial charge is 0.321 e. The number of carbonyl (C=O) groups is 1. The second kappa shape index (κ2) is 6.85. The van der Waals surface area contributed by atoms with Gasteiger partial charge >= 0.3 is 5.97 Å². The van der Waals surface area contributed by atoms with Crippen LogP contribution in [-0.2, 0) is 19.6 Å². The first-order chi connectivity index (χ1) is 7.35. The highest BCUT2D eigenvalue weighted by atomic mass is 32.2. The molecule has 0 saturated carbocycles. The summed E-state index contributed by atoms with van der Waals surface area (Å²) in [7, 11) is -2.11. The van der Waals surface area contributed by atoms with Crippen LogP contribution < -0.4 is 0 Å². The number of hydrogen-bond donors (Lipinski definition) is 0. The molecule has 5 nitrogen and oxygen atoms in total. The zero-order valence-corrected chi connectivity index (χ0v) is 11.2. The lowest BCUT2D eigenvalue weighted by Crippen LogP contribution is -2.42. The van der Waals surface area contributed by atoms with Gasteiger partial charge in [-0.1, -0.05) is 13.3 Å². The van der Waals surface area contributed by atoms with Gasteiger partial charge in [0, 0.05) is 6.04 Å². The Hall–Kier alpha value is -0.620. The van der Waals surface area contributed by atoms with Crippen molar-refractivity contribution in [1.82, 2.24) is 4.31 Å². The molecule has 0 aliphatic rings. The summed E-state index contributed by atoms with van der Waals surface area (Å²) in [5.41, 5.74) is 0. The quantitative estimate of drug-likeness (QED) is 0.633. The highest BCUT2D eigenvalue weighted by Crippen LogP contribution is 2.09. The van der Waals surface area contributed by atoms with E-state index in [4.69, 9.17) is 0 Å². The average Bonchev–Trinajstić information content (AvgIpc) is 2.21. The van der Waals surface area contributed by atoms with Crippen LogP contribution in [0, 0.1) is 0 Å². The number of carbonyl (C=O) groups excluding carboxylic acids is 1. The van der Waals surface area contributed by atoms with Crippen LogP contribution in [-0.4, -0.2) is 44.1 Å². The normalized spacial score (nSPS) is 12.1. The Bertz CT molecular complexity index is 311. The van der Waals surface area contributed by atoms with E-state index in [0.717, 1.165) is 6.42 Å². The number of hydrogen-bond acceptors (Lipinski definition) is 4. The van der Waals surface area contributed by atoms with E-state index in [-0.39, 0.29) is 18.3 Å². The van der Waals surface area contributed by atoms with Gasteiger partial charge in [-0.05, 0) is 20.3 Å². The number of nitrogens with zero attached hydrogens (tertiary/aromatic N) is 1. The fourth-order valence-corrected chi connectivity index (χ4v) is 3.07. The minimum atomic E-state index is -3.36. The molecular weight excluding hydrogens is 230 g/mol. The Morgan fingerprint density at radius 3 is 2.31 bits per heavy atom. The van der Waals surface area contributed by atoms with Gasteiger partial charge in [0.15, 0.2) is 0 Å². The molecule has 0 saturated heterocycles. The zero-order chi connectivity index (χ0) is 12.8. The summed E-state index contributed by atoms with van der Waals surface area (Å²) in [6, 6.07) is -0.235. The number of methoxy groups -OCH3 is 1. The van der Waals surface area contributed by atoms with Crippen LogP contribution in [0.15, 0.2) is 0 Å². The minimum absolute atomic E-state index is 0.0820. The van der Waals surface area contributed by atoms with E-state index in [2.05, 4.69) is 4.74 Å². The molecule has 0 radical (unpaired) electrons. The number of ether oxygens (including phenoxy) is 1. The Labute approximate surface area is 97.8 Å². The summed E-state index contributed by atoms with van der Waals surface area (Å²) in [6.45, 7) is 5.20. The molecule has 0 N–H and O–H groups in total. The highest BCUT2D eigenvalue weighted by molar-refractivity contribution is 7.89. The molecule has 0 aromatic carbocycles. The van der Waals surface area contributed by atoms with Gasteiger partial charge in [-0.3, -0.25) is 4.79 Å². The summed E-state index contributed by atoms with van der Waals surface area (Å²) in [6.07, 6.45) is 1.41. The van der Waals surface area contributed by atoms with Crippen molar-refractivity contribution in [3.05, 3.63) is 0 Å². The van der Waals surface area contributed by atoms with Crippen molar-refractivity contribution in [3.63, 3.8) is 0 Å². The van der Waals surface area contributed by atoms with Gasteiger partial charge in [0.05, 0.1) is 12.9 Å². The fourth-order valence-electron chi connectivity index (χ4n) is 1.24. The van der Waals surface area contributed by atoms with E-state index in [1.807, 2.05) is 6.92 Å². The largest absolute Gasteiger partial charge is 0.468 e. The van der Waals surface area contributed by atoms with Crippen LogP contribution in [0.3, 0.4) is 0 Å². The fraction of sp³-hybridized carbons (Fsp3) is 0.900. The van der Waals surface area contributed by atoms with Crippen molar-refractivity contribution >= 4 is 16.0 Å². The van der Waals surface area contributed by atoms with E-state index in [1.54, 1.807) is 13.8 Å². The van der Waals surface area contributed by atoms with E-state index in [0.29, 0.717) is 6.42 Å². The van der Waals surface area contributed by atoms with Gasteiger partial charge in [0.25, 0.3) is 0 Å². The van der Waals surface area contributed by atoms with E-state index in [9.17, 15) is 13.2 Å². The third-order valence-electron chi connectivity index (χ3n) is 2.20. The van der Waals surface area contributed by atoms with Crippen molar-refractivity contribution in [1.29, 1.82) is 0 Å². The molecule has 16 heavy (non-hydrogen) atoms. The van der Waals surface area contributed by atoms with Gasteiger partial charge in [0.2, 0.25) is 10.0 Å². The molecule has 0 fully saturated rings. The first-order valence-corrected chi connectivity index (χ1v) is 7.02. The van der Waals surface area contributed by atoms with Gasteiger partial charge in [0.1, 0.15) is 6.54 Å². The van der Waals surface area contributed by atoms with Crippen molar-refractivity contribution in [2.45, 2.75) is 39.7 Å². The molecule has 0 aromatic heterocycles. The Morgan fingerprint density at radius 2 is 1.94 bits per heavy atom. The van der Waals surface area contributed by atoms with Crippen molar-refractivity contribution in [2.75, 3.05) is 19.4 Å². The Kier molecular flexibility index (Phi) is 6.59. The highest BCUT2D eigenvalue weighted by Gasteiger charge is 2.26. The lowest BCUT2D eigenvalue weighted by Gasteiger charge is -2.24. The lowest BCUT2D eigenvalue weighted by molar-refractivity contribution is -0.141. The van der Waals surface area contributed by atoms with Crippen LogP contribution in [0.5, 0.6) is 0 Å². The van der Waals surface area contributed by atoms with Crippen LogP contribution in [0.2, 0.25) is 0 Å². The molecule has 0 rings (SSSR count).